The summed E-state index contributed by atoms with van der Waals surface area (Å²) in [7, 11) is 1.53. The summed E-state index contributed by atoms with van der Waals surface area (Å²) in [4.78, 5) is 23.5. The van der Waals surface area contributed by atoms with E-state index in [4.69, 9.17) is 9.47 Å². The molecule has 0 heterocycles. The highest BCUT2D eigenvalue weighted by atomic mass is 16.5. The highest BCUT2D eigenvalue weighted by Gasteiger charge is 2.20. The molecule has 1 atom stereocenters. The van der Waals surface area contributed by atoms with Crippen LogP contribution in [0, 0.1) is 5.92 Å². The van der Waals surface area contributed by atoms with E-state index in [-0.39, 0.29) is 24.3 Å². The van der Waals surface area contributed by atoms with E-state index >= 15 is 0 Å². The van der Waals surface area contributed by atoms with Gasteiger partial charge in [-0.1, -0.05) is 25.7 Å². The van der Waals surface area contributed by atoms with Gasteiger partial charge in [-0.25, -0.2) is 0 Å². The van der Waals surface area contributed by atoms with Crippen LogP contribution in [0.3, 0.4) is 0 Å². The van der Waals surface area contributed by atoms with Crippen molar-refractivity contribution in [2.24, 2.45) is 5.92 Å². The van der Waals surface area contributed by atoms with Crippen molar-refractivity contribution in [3.05, 3.63) is 23.8 Å². The Kier molecular flexibility index (Phi) is 8.58. The first-order chi connectivity index (χ1) is 13.0. The molecule has 1 unspecified atom stereocenters. The second-order valence-electron chi connectivity index (χ2n) is 7.21. The number of ether oxygens (including phenoxy) is 2. The van der Waals surface area contributed by atoms with E-state index in [1.165, 1.54) is 39.7 Å². The number of ketones is 1. The van der Waals surface area contributed by atoms with E-state index in [0.717, 1.165) is 6.42 Å². The molecule has 6 heteroatoms. The Morgan fingerprint density at radius 2 is 2.00 bits per heavy atom. The molecule has 0 spiro atoms. The molecule has 0 aliphatic heterocycles. The van der Waals surface area contributed by atoms with Gasteiger partial charge in [-0.05, 0) is 43.9 Å². The molecule has 2 N–H and O–H groups in total. The summed E-state index contributed by atoms with van der Waals surface area (Å²) < 4.78 is 10.9. The number of carbonyl (C=O) groups excluding carboxylic acids is 2. The van der Waals surface area contributed by atoms with Crippen molar-refractivity contribution in [3.63, 3.8) is 0 Å². The number of aliphatic hydroxyl groups is 1. The van der Waals surface area contributed by atoms with Crippen LogP contribution in [0.2, 0.25) is 0 Å². The van der Waals surface area contributed by atoms with Crippen LogP contribution in [0.4, 0.5) is 0 Å². The Morgan fingerprint density at radius 1 is 1.26 bits per heavy atom. The summed E-state index contributed by atoms with van der Waals surface area (Å²) in [6.45, 7) is 1.86. The van der Waals surface area contributed by atoms with Gasteiger partial charge in [0, 0.05) is 12.0 Å². The van der Waals surface area contributed by atoms with Crippen LogP contribution in [0.5, 0.6) is 11.5 Å². The fraction of sp³-hybridized carbons (Fsp3) is 0.619. The molecule has 1 fully saturated rings. The van der Waals surface area contributed by atoms with Crippen molar-refractivity contribution < 1.29 is 24.2 Å². The van der Waals surface area contributed by atoms with Crippen molar-refractivity contribution in [2.45, 2.75) is 57.9 Å². The Hall–Kier alpha value is -2.08. The Balaban J connectivity index is 1.72. The van der Waals surface area contributed by atoms with Crippen LogP contribution in [-0.4, -0.2) is 43.2 Å². The monoisotopic (exact) mass is 377 g/mol. The zero-order valence-electron chi connectivity index (χ0n) is 16.3. The maximum atomic E-state index is 12.1. The normalized spacial score (nSPS) is 15.4. The molecule has 1 aliphatic rings. The molecule has 2 rings (SSSR count). The van der Waals surface area contributed by atoms with Crippen molar-refractivity contribution in [2.75, 3.05) is 20.3 Å². The highest BCUT2D eigenvalue weighted by Crippen LogP contribution is 2.29. The number of hydrogen-bond acceptors (Lipinski definition) is 5. The van der Waals surface area contributed by atoms with Gasteiger partial charge >= 0.3 is 0 Å². The van der Waals surface area contributed by atoms with E-state index in [2.05, 4.69) is 5.32 Å². The van der Waals surface area contributed by atoms with Gasteiger partial charge in [-0.2, -0.15) is 0 Å². The highest BCUT2D eigenvalue weighted by molar-refractivity contribution is 5.94. The molecule has 0 radical (unpaired) electrons. The maximum absolute atomic E-state index is 12.1. The molecule has 0 bridgehead atoms. The number of methoxy groups -OCH3 is 1. The van der Waals surface area contributed by atoms with Crippen molar-refractivity contribution in [1.82, 2.24) is 5.32 Å². The molecule has 0 saturated heterocycles. The predicted molar refractivity (Wildman–Crippen MR) is 103 cm³/mol. The third-order valence-corrected chi connectivity index (χ3v) is 5.05. The molecular formula is C21H31NO5. The van der Waals surface area contributed by atoms with Crippen LogP contribution in [-0.2, 0) is 4.79 Å². The van der Waals surface area contributed by atoms with Crippen molar-refractivity contribution in [1.29, 1.82) is 0 Å². The molecule has 150 valence electrons. The average molecular weight is 377 g/mol. The third-order valence-electron chi connectivity index (χ3n) is 5.05. The first kappa shape index (κ1) is 21.2. The van der Waals surface area contributed by atoms with Gasteiger partial charge in [0.15, 0.2) is 17.3 Å². The van der Waals surface area contributed by atoms with Crippen LogP contribution in [0.15, 0.2) is 18.2 Å². The van der Waals surface area contributed by atoms with E-state index in [9.17, 15) is 14.7 Å². The smallest absolute Gasteiger partial charge is 0.220 e. The minimum Gasteiger partial charge on any atom is -0.493 e. The maximum Gasteiger partial charge on any atom is 0.220 e. The van der Waals surface area contributed by atoms with Gasteiger partial charge in [-0.15, -0.1) is 0 Å². The Bertz CT molecular complexity index is 625. The Labute approximate surface area is 161 Å². The lowest BCUT2D eigenvalue weighted by atomic mass is 9.98. The number of aliphatic hydroxyl groups excluding tert-OH is 1. The second kappa shape index (κ2) is 10.9. The molecule has 6 nitrogen and oxygen atoms in total. The second-order valence-corrected chi connectivity index (χ2v) is 7.21. The van der Waals surface area contributed by atoms with E-state index in [1.807, 2.05) is 0 Å². The van der Waals surface area contributed by atoms with E-state index < -0.39 is 0 Å². The SMILES string of the molecule is COc1cc(C(C)=O)ccc1OCCCC(=O)NC(CO)CC1CCCC1. The number of benzene rings is 1. The average Bonchev–Trinajstić information content (AvgIpc) is 3.17. The van der Waals surface area contributed by atoms with Crippen LogP contribution >= 0.6 is 0 Å². The lowest BCUT2D eigenvalue weighted by molar-refractivity contribution is -0.122. The predicted octanol–water partition coefficient (Wildman–Crippen LogP) is 3.11. The molecule has 1 saturated carbocycles. The first-order valence-corrected chi connectivity index (χ1v) is 9.75. The zero-order chi connectivity index (χ0) is 19.6. The molecule has 0 aromatic heterocycles. The zero-order valence-corrected chi connectivity index (χ0v) is 16.3. The topological polar surface area (TPSA) is 84.9 Å². The summed E-state index contributed by atoms with van der Waals surface area (Å²) >= 11 is 0. The largest absolute Gasteiger partial charge is 0.493 e. The van der Waals surface area contributed by atoms with Gasteiger partial charge < -0.3 is 19.9 Å². The third kappa shape index (κ3) is 6.86. The van der Waals surface area contributed by atoms with E-state index in [0.29, 0.717) is 42.4 Å². The van der Waals surface area contributed by atoms with Crippen LogP contribution in [0.25, 0.3) is 0 Å². The van der Waals surface area contributed by atoms with Gasteiger partial charge in [0.2, 0.25) is 5.91 Å². The fourth-order valence-electron chi connectivity index (χ4n) is 3.55. The molecule has 1 aliphatic carbocycles. The number of Topliss-reactive ketones (excluding diaryl/α,β-unsaturated/α-hetero) is 1. The van der Waals surface area contributed by atoms with Gasteiger partial charge in [0.1, 0.15) is 0 Å². The lowest BCUT2D eigenvalue weighted by Gasteiger charge is -2.20. The first-order valence-electron chi connectivity index (χ1n) is 9.75. The molecular weight excluding hydrogens is 346 g/mol. The lowest BCUT2D eigenvalue weighted by Crippen LogP contribution is -2.38. The molecule has 1 aromatic carbocycles. The summed E-state index contributed by atoms with van der Waals surface area (Å²) in [5.74, 6) is 1.58. The quantitative estimate of drug-likeness (QED) is 0.457. The number of hydrogen-bond donors (Lipinski definition) is 2. The molecule has 1 amide bonds. The minimum absolute atomic E-state index is 0.0154. The number of rotatable bonds is 11. The summed E-state index contributed by atoms with van der Waals surface area (Å²) in [5.41, 5.74) is 0.566. The number of carbonyl (C=O) groups is 2. The minimum atomic E-state index is -0.152. The van der Waals surface area contributed by atoms with Crippen LogP contribution < -0.4 is 14.8 Å². The van der Waals surface area contributed by atoms with Gasteiger partial charge in [0.25, 0.3) is 0 Å². The summed E-state index contributed by atoms with van der Waals surface area (Å²) in [6, 6.07) is 4.90. The summed E-state index contributed by atoms with van der Waals surface area (Å²) in [6.07, 6.45) is 6.67. The van der Waals surface area contributed by atoms with Gasteiger partial charge in [-0.3, -0.25) is 9.59 Å². The van der Waals surface area contributed by atoms with E-state index in [1.54, 1.807) is 18.2 Å². The van der Waals surface area contributed by atoms with Crippen LogP contribution in [0.1, 0.15) is 62.2 Å². The fourth-order valence-corrected chi connectivity index (χ4v) is 3.55. The molecule has 1 aromatic rings. The van der Waals surface area contributed by atoms with Crippen molar-refractivity contribution >= 4 is 11.7 Å². The van der Waals surface area contributed by atoms with Gasteiger partial charge in [0.05, 0.1) is 26.4 Å². The number of amides is 1. The molecule has 27 heavy (non-hydrogen) atoms. The standard InChI is InChI=1S/C21H31NO5/c1-15(24)17-9-10-19(20(13-17)26-2)27-11-5-8-21(25)22-18(14-23)12-16-6-3-4-7-16/h9-10,13,16,18,23H,3-8,11-12,14H2,1-2H3,(H,22,25). The summed E-state index contributed by atoms with van der Waals surface area (Å²) in [5, 5.41) is 12.4. The Morgan fingerprint density at radius 3 is 2.63 bits per heavy atom. The number of nitrogens with one attached hydrogen (secondary N) is 1. The van der Waals surface area contributed by atoms with Crippen molar-refractivity contribution in [3.8, 4) is 11.5 Å².